The van der Waals surface area contributed by atoms with Crippen LogP contribution in [0.25, 0.3) is 10.9 Å². The smallest absolute Gasteiger partial charge is 0.336 e. The van der Waals surface area contributed by atoms with Gasteiger partial charge in [-0.05, 0) is 63.8 Å². The summed E-state index contributed by atoms with van der Waals surface area (Å²) in [6.45, 7) is 8.99. The van der Waals surface area contributed by atoms with Crippen molar-refractivity contribution in [2.75, 3.05) is 13.2 Å². The number of carbonyl (C=O) groups is 2. The predicted octanol–water partition coefficient (Wildman–Crippen LogP) is 3.85. The van der Waals surface area contributed by atoms with Gasteiger partial charge in [0.05, 0.1) is 30.3 Å². The van der Waals surface area contributed by atoms with Crippen LogP contribution in [0.4, 0.5) is 0 Å². The number of hydrogen-bond donors (Lipinski definition) is 2. The fourth-order valence-corrected chi connectivity index (χ4v) is 4.00. The van der Waals surface area contributed by atoms with E-state index in [0.717, 1.165) is 10.9 Å². The molecule has 0 aliphatic carbocycles. The number of pyridine rings is 1. The molecular weight excluding hydrogens is 420 g/mol. The first kappa shape index (κ1) is 22.6. The molecule has 2 heterocycles. The molecule has 1 aliphatic heterocycles. The van der Waals surface area contributed by atoms with Crippen LogP contribution in [0.1, 0.15) is 44.7 Å². The Hall–Kier alpha value is -3.06. The van der Waals surface area contributed by atoms with Gasteiger partial charge in [0.25, 0.3) is 5.56 Å². The highest BCUT2D eigenvalue weighted by molar-refractivity contribution is 6.32. The second kappa shape index (κ2) is 8.98. The molecule has 0 saturated carbocycles. The number of rotatable bonds is 5. The minimum Gasteiger partial charge on any atom is -0.463 e. The molecule has 0 saturated heterocycles. The molecular formula is C23H25ClN2O5. The van der Waals surface area contributed by atoms with Crippen LogP contribution < -0.4 is 10.9 Å². The maximum Gasteiger partial charge on any atom is 0.336 e. The van der Waals surface area contributed by atoms with Crippen LogP contribution in [0.5, 0.6) is 0 Å². The number of nitrogens with one attached hydrogen (secondary N) is 2. The van der Waals surface area contributed by atoms with E-state index in [2.05, 4.69) is 10.3 Å². The molecule has 0 amide bonds. The van der Waals surface area contributed by atoms with Gasteiger partial charge in [-0.3, -0.25) is 4.79 Å². The Labute approximate surface area is 185 Å². The van der Waals surface area contributed by atoms with Gasteiger partial charge in [-0.25, -0.2) is 9.59 Å². The van der Waals surface area contributed by atoms with Crippen molar-refractivity contribution in [3.8, 4) is 0 Å². The quantitative estimate of drug-likeness (QED) is 0.680. The van der Waals surface area contributed by atoms with Gasteiger partial charge in [-0.2, -0.15) is 0 Å². The van der Waals surface area contributed by atoms with E-state index < -0.39 is 23.4 Å². The summed E-state index contributed by atoms with van der Waals surface area (Å²) in [4.78, 5) is 41.7. The Kier molecular flexibility index (Phi) is 6.55. The zero-order chi connectivity index (χ0) is 22.9. The second-order valence-electron chi connectivity index (χ2n) is 7.32. The van der Waals surface area contributed by atoms with Gasteiger partial charge < -0.3 is 19.8 Å². The number of benzene rings is 1. The first-order chi connectivity index (χ1) is 14.7. The van der Waals surface area contributed by atoms with Gasteiger partial charge >= 0.3 is 11.9 Å². The van der Waals surface area contributed by atoms with Crippen LogP contribution in [0.15, 0.2) is 45.5 Å². The lowest BCUT2D eigenvalue weighted by atomic mass is 9.80. The van der Waals surface area contributed by atoms with Crippen LogP contribution in [0, 0.1) is 6.92 Å². The molecule has 0 spiro atoms. The summed E-state index contributed by atoms with van der Waals surface area (Å²) in [5.41, 5.74) is 2.66. The first-order valence-corrected chi connectivity index (χ1v) is 10.4. The molecule has 2 aromatic rings. The number of dihydropyridines is 1. The minimum atomic E-state index is -0.941. The van der Waals surface area contributed by atoms with E-state index in [-0.39, 0.29) is 29.9 Å². The monoisotopic (exact) mass is 444 g/mol. The van der Waals surface area contributed by atoms with Gasteiger partial charge in [-0.1, -0.05) is 11.6 Å². The van der Waals surface area contributed by atoms with Crippen LogP contribution in [0.2, 0.25) is 5.02 Å². The average Bonchev–Trinajstić information content (AvgIpc) is 2.68. The highest BCUT2D eigenvalue weighted by atomic mass is 35.5. The third kappa shape index (κ3) is 4.23. The molecule has 8 heteroatoms. The fourth-order valence-electron chi connectivity index (χ4n) is 3.84. The molecule has 1 aromatic heterocycles. The molecule has 2 N–H and O–H groups in total. The summed E-state index contributed by atoms with van der Waals surface area (Å²) in [6.07, 6.45) is 0. The van der Waals surface area contributed by atoms with E-state index in [0.29, 0.717) is 21.9 Å². The van der Waals surface area contributed by atoms with Crippen molar-refractivity contribution >= 4 is 34.4 Å². The van der Waals surface area contributed by atoms with Crippen LogP contribution in [-0.4, -0.2) is 30.1 Å². The first-order valence-electron chi connectivity index (χ1n) is 10.0. The molecule has 0 radical (unpaired) electrons. The highest BCUT2D eigenvalue weighted by Crippen LogP contribution is 2.38. The molecule has 7 nitrogen and oxygen atoms in total. The van der Waals surface area contributed by atoms with Crippen molar-refractivity contribution in [2.45, 2.75) is 40.5 Å². The molecule has 1 aromatic carbocycles. The Morgan fingerprint density at radius 1 is 0.968 bits per heavy atom. The van der Waals surface area contributed by atoms with E-state index in [1.807, 2.05) is 13.0 Å². The van der Waals surface area contributed by atoms with Gasteiger partial charge in [0.1, 0.15) is 0 Å². The number of fused-ring (bicyclic) bond motifs is 1. The van der Waals surface area contributed by atoms with Crippen LogP contribution >= 0.6 is 11.6 Å². The Balaban J connectivity index is 2.31. The lowest BCUT2D eigenvalue weighted by Gasteiger charge is -2.30. The molecule has 31 heavy (non-hydrogen) atoms. The molecule has 164 valence electrons. The Bertz CT molecular complexity index is 1150. The van der Waals surface area contributed by atoms with Crippen molar-refractivity contribution in [1.29, 1.82) is 0 Å². The van der Waals surface area contributed by atoms with E-state index in [1.54, 1.807) is 39.8 Å². The number of allylic oxidation sites excluding steroid dienone is 2. The number of H-pyrrole nitrogens is 1. The average molecular weight is 445 g/mol. The summed E-state index contributed by atoms with van der Waals surface area (Å²) in [7, 11) is 0. The summed E-state index contributed by atoms with van der Waals surface area (Å²) in [5, 5.41) is 4.32. The van der Waals surface area contributed by atoms with Gasteiger partial charge in [0, 0.05) is 27.5 Å². The predicted molar refractivity (Wildman–Crippen MR) is 119 cm³/mol. The fraction of sp³-hybridized carbons (Fsp3) is 0.348. The highest BCUT2D eigenvalue weighted by Gasteiger charge is 2.39. The van der Waals surface area contributed by atoms with Crippen molar-refractivity contribution < 1.29 is 19.1 Å². The van der Waals surface area contributed by atoms with Crippen LogP contribution in [0.3, 0.4) is 0 Å². The number of aromatic nitrogens is 1. The minimum absolute atomic E-state index is 0.158. The maximum absolute atomic E-state index is 13.1. The zero-order valence-electron chi connectivity index (χ0n) is 18.1. The Morgan fingerprint density at radius 2 is 1.52 bits per heavy atom. The molecule has 0 bridgehead atoms. The lowest BCUT2D eigenvalue weighted by molar-refractivity contribution is -0.139. The van der Waals surface area contributed by atoms with E-state index in [4.69, 9.17) is 21.1 Å². The Morgan fingerprint density at radius 3 is 2.03 bits per heavy atom. The van der Waals surface area contributed by atoms with E-state index in [1.165, 1.54) is 0 Å². The van der Waals surface area contributed by atoms with Crippen molar-refractivity contribution in [3.05, 3.63) is 67.2 Å². The number of ether oxygens (including phenoxy) is 2. The normalized spacial score (nSPS) is 14.6. The number of aryl methyl sites for hydroxylation is 1. The van der Waals surface area contributed by atoms with Crippen molar-refractivity contribution in [2.24, 2.45) is 0 Å². The largest absolute Gasteiger partial charge is 0.463 e. The summed E-state index contributed by atoms with van der Waals surface area (Å²) in [6, 6.07) is 5.21. The van der Waals surface area contributed by atoms with Gasteiger partial charge in [0.2, 0.25) is 0 Å². The molecule has 1 aliphatic rings. The third-order valence-electron chi connectivity index (χ3n) is 5.21. The molecule has 0 fully saturated rings. The van der Waals surface area contributed by atoms with Crippen molar-refractivity contribution in [1.82, 2.24) is 10.3 Å². The molecule has 0 unspecified atom stereocenters. The van der Waals surface area contributed by atoms with Crippen molar-refractivity contribution in [3.63, 3.8) is 0 Å². The third-order valence-corrected chi connectivity index (χ3v) is 5.62. The second-order valence-corrected chi connectivity index (χ2v) is 7.73. The van der Waals surface area contributed by atoms with E-state index in [9.17, 15) is 14.4 Å². The summed E-state index contributed by atoms with van der Waals surface area (Å²) >= 11 is 6.20. The number of carbonyl (C=O) groups excluding carboxylic acids is 2. The number of aromatic amines is 1. The molecule has 3 rings (SSSR count). The number of esters is 2. The standard InChI is InChI=1S/C23H25ClN2O5/c1-6-30-22(28)18-12(4)25-13(5)19(23(29)31-7-2)20(18)15-9-14-8-11(3)16(24)10-17(14)26-21(15)27/h8-10,20,25H,6-7H2,1-5H3,(H,26,27). The summed E-state index contributed by atoms with van der Waals surface area (Å²) < 4.78 is 10.5. The zero-order valence-corrected chi connectivity index (χ0v) is 18.9. The summed E-state index contributed by atoms with van der Waals surface area (Å²) in [5.74, 6) is -2.14. The van der Waals surface area contributed by atoms with Crippen LogP contribution in [-0.2, 0) is 19.1 Å². The number of hydrogen-bond acceptors (Lipinski definition) is 6. The topological polar surface area (TPSA) is 97.5 Å². The van der Waals surface area contributed by atoms with Gasteiger partial charge in [-0.15, -0.1) is 0 Å². The molecule has 0 atom stereocenters. The van der Waals surface area contributed by atoms with E-state index >= 15 is 0 Å². The van der Waals surface area contributed by atoms with Gasteiger partial charge in [0.15, 0.2) is 0 Å². The SMILES string of the molecule is CCOC(=O)C1=C(C)NC(C)=C(C(=O)OCC)C1c1cc2cc(C)c(Cl)cc2[nH]c1=O. The number of halogens is 1. The lowest BCUT2D eigenvalue weighted by Crippen LogP contribution is -2.34. The maximum atomic E-state index is 13.1.